The Morgan fingerprint density at radius 1 is 0.605 bits per heavy atom. The van der Waals surface area contributed by atoms with Crippen LogP contribution in [0.2, 0.25) is 0 Å². The zero-order valence-electron chi connectivity index (χ0n) is 46.6. The lowest BCUT2D eigenvalue weighted by molar-refractivity contribution is -0.137. The van der Waals surface area contributed by atoms with Gasteiger partial charge in [-0.15, -0.1) is 134 Å². The van der Waals surface area contributed by atoms with Gasteiger partial charge in [0.2, 0.25) is 5.91 Å². The summed E-state index contributed by atoms with van der Waals surface area (Å²) in [6.07, 6.45) is 20.3. The average molecular weight is 1770 g/mol. The molecule has 0 aliphatic heterocycles. The monoisotopic (exact) mass is 1770 g/mol. The van der Waals surface area contributed by atoms with Crippen LogP contribution in [-0.4, -0.2) is 52.5 Å². The van der Waals surface area contributed by atoms with Gasteiger partial charge in [-0.2, -0.15) is 0 Å². The van der Waals surface area contributed by atoms with Gasteiger partial charge < -0.3 is 25.6 Å². The Labute approximate surface area is 542 Å². The predicted molar refractivity (Wildman–Crippen MR) is 454 cm³/mol. The number of amides is 2. The molecular formula is C40H104I2N2O6P26. The van der Waals surface area contributed by atoms with Crippen molar-refractivity contribution in [2.24, 2.45) is 11.8 Å². The maximum absolute atomic E-state index is 12.1. The fourth-order valence-corrected chi connectivity index (χ4v) is 171. The number of carbonyl (C=O) groups excluding carboxylic acids is 2. The quantitative estimate of drug-likeness (QED) is 0.0246. The number of nitrogens with one attached hydrogen (secondary N) is 2. The molecule has 454 valence electrons. The summed E-state index contributed by atoms with van der Waals surface area (Å²) in [5.41, 5.74) is 1.92. The Morgan fingerprint density at radius 2 is 1.00 bits per heavy atom. The van der Waals surface area contributed by atoms with Gasteiger partial charge in [-0.25, -0.2) is 4.79 Å². The molecule has 0 fully saturated rings. The van der Waals surface area contributed by atoms with E-state index in [2.05, 4.69) is 256 Å². The minimum atomic E-state index is -0.670. The summed E-state index contributed by atoms with van der Waals surface area (Å²) in [4.78, 5) is 34.0. The van der Waals surface area contributed by atoms with Crippen LogP contribution in [0.3, 0.4) is 0 Å². The topological polar surface area (TPSA) is 125 Å². The van der Waals surface area contributed by atoms with E-state index in [0.29, 0.717) is 25.7 Å². The van der Waals surface area contributed by atoms with Gasteiger partial charge in [0.1, 0.15) is 5.60 Å². The second kappa shape index (κ2) is 66.2. The van der Waals surface area contributed by atoms with Crippen LogP contribution in [0.1, 0.15) is 153 Å². The number of ether oxygens (including phenoxy) is 1. The summed E-state index contributed by atoms with van der Waals surface area (Å²) in [5.74, 6) is -0.0201. The van der Waals surface area contributed by atoms with Crippen molar-refractivity contribution in [2.75, 3.05) is 6.61 Å². The smallest absolute Gasteiger partial charge is 0.408 e. The normalized spacial score (nSPS) is 14.3. The van der Waals surface area contributed by atoms with E-state index in [1.807, 2.05) is 35.9 Å². The molecule has 0 radical (unpaired) electrons. The van der Waals surface area contributed by atoms with Crippen LogP contribution in [0.15, 0.2) is 43.6 Å². The van der Waals surface area contributed by atoms with E-state index in [-0.39, 0.29) is 92.5 Å². The number of alkyl carbamates (subject to hydrolysis) is 1. The van der Waals surface area contributed by atoms with E-state index in [9.17, 15) is 14.4 Å². The molecule has 0 saturated carbocycles. The lowest BCUT2D eigenvalue weighted by Crippen LogP contribution is -2.42. The fourth-order valence-electron chi connectivity index (χ4n) is 5.66. The van der Waals surface area contributed by atoms with Gasteiger partial charge in [0.25, 0.3) is 0 Å². The molecule has 0 aliphatic rings. The Hall–Kier alpha value is 9.77. The molecule has 0 aromatic heterocycles. The molecule has 22 atom stereocenters. The van der Waals surface area contributed by atoms with E-state index < -0.39 is 11.6 Å². The highest BCUT2D eigenvalue weighted by Gasteiger charge is 2.24. The van der Waals surface area contributed by atoms with Gasteiger partial charge in [-0.3, -0.25) is 9.59 Å². The maximum Gasteiger partial charge on any atom is 0.408 e. The number of carboxylic acid groups (broad SMARTS) is 1. The molecule has 0 rings (SSSR count). The van der Waals surface area contributed by atoms with Gasteiger partial charge in [-0.05, 0) is 150 Å². The molecular weight excluding hydrogens is 1660 g/mol. The first-order valence-corrected chi connectivity index (χ1v) is 71.3. The van der Waals surface area contributed by atoms with Crippen LogP contribution < -0.4 is 10.6 Å². The van der Waals surface area contributed by atoms with E-state index >= 15 is 0 Å². The van der Waals surface area contributed by atoms with Gasteiger partial charge in [0.05, 0.1) is 12.1 Å². The number of unbranched alkanes of at least 4 members (excludes halogenated alkanes) is 7. The SMILES string of the molecule is CC/C=C(\C)[C@@H](NC(=O)CCCCCCO)[C@@H](C)/C=C/I.CC/C=C(\C)[C@@H](NC(=O)OC(C)(C)C)[C@@H](C)/C=C/I.CCCCCCCC(=O)O.PP(P)P(P(P)P)P(P)P.PPP(P(P)P)P(P)P.PPP(P)P(P)P. The molecule has 76 heavy (non-hydrogen) atoms. The summed E-state index contributed by atoms with van der Waals surface area (Å²) < 4.78 is 9.31. The lowest BCUT2D eigenvalue weighted by Gasteiger charge is -2.27. The van der Waals surface area contributed by atoms with Gasteiger partial charge in [0.15, 0.2) is 0 Å². The largest absolute Gasteiger partial charge is 0.481 e. The van der Waals surface area contributed by atoms with Crippen molar-refractivity contribution in [1.82, 2.24) is 10.6 Å². The number of rotatable bonds is 30. The van der Waals surface area contributed by atoms with Crippen LogP contribution in [0.4, 0.5) is 4.79 Å². The highest BCUT2D eigenvalue weighted by molar-refractivity contribution is 14.1. The van der Waals surface area contributed by atoms with Crippen molar-refractivity contribution in [3.63, 3.8) is 0 Å². The molecule has 0 aromatic carbocycles. The van der Waals surface area contributed by atoms with E-state index in [1.165, 1.54) is 24.8 Å². The molecule has 8 nitrogen and oxygen atoms in total. The Morgan fingerprint density at radius 3 is 1.26 bits per heavy atom. The first kappa shape index (κ1) is 96.9. The summed E-state index contributed by atoms with van der Waals surface area (Å²) in [5, 5.41) is 23.1. The van der Waals surface area contributed by atoms with Crippen molar-refractivity contribution >= 4 is 276 Å². The predicted octanol–water partition coefficient (Wildman–Crippen LogP) is 25.4. The number of aliphatic hydroxyl groups excluding tert-OH is 1. The van der Waals surface area contributed by atoms with Crippen LogP contribution >= 0.6 is 258 Å². The Bertz CT molecular complexity index is 1500. The molecule has 4 N–H and O–H groups in total. The first-order chi connectivity index (χ1) is 35.3. The molecule has 0 aromatic rings. The van der Waals surface area contributed by atoms with E-state index in [4.69, 9.17) is 14.9 Å². The summed E-state index contributed by atoms with van der Waals surface area (Å²) in [6.45, 7) is 22.3. The van der Waals surface area contributed by atoms with Crippen LogP contribution in [0, 0.1) is 11.8 Å². The minimum absolute atomic E-state index is 0.0270. The van der Waals surface area contributed by atoms with E-state index in [1.54, 1.807) is 0 Å². The van der Waals surface area contributed by atoms with Crippen LogP contribution in [0.25, 0.3) is 0 Å². The molecule has 0 bridgehead atoms. The number of hydrogen-bond donors (Lipinski definition) is 4. The van der Waals surface area contributed by atoms with Gasteiger partial charge >= 0.3 is 12.1 Å². The number of aliphatic hydroxyl groups is 1. The average Bonchev–Trinajstić information content (AvgIpc) is 3.29. The second-order valence-electron chi connectivity index (χ2n) is 17.1. The maximum atomic E-state index is 12.1. The highest BCUT2D eigenvalue weighted by Crippen LogP contribution is 3.10. The third-order valence-electron chi connectivity index (χ3n) is 9.19. The third kappa shape index (κ3) is 66.7. The number of carboxylic acids is 1. The van der Waals surface area contributed by atoms with Crippen LogP contribution in [-0.2, 0) is 14.3 Å². The molecule has 2 amide bonds. The number of allylic oxidation sites excluding steroid dienone is 2. The standard InChI is InChI=1S/C17H30INO2.C15H26INO2.C8H16O2.H12P10.H11P9.H9P7/c1-4-9-14(2)17(15(3)11-12-18)19-16(21)10-7-5-6-8-13-20;1-7-8-11(2)13(12(3)9-10-16)17-14(18)19-15(4,5)6;1-2-3-4-5-6-7-8(9)10;1-7(2)10(8(3)4)9(5)6;1-6-9(7(2)3)8(4)5;1-5-7(4)6(2)3/h9,11-12,15,17,20H,4-8,10,13H2,1-3H3,(H,19,21);8-10,12-13H,7H2,1-6H3,(H,17,18);2-7H2,1H3,(H,9,10);1-6H2;6H,1-5H2;5H,1-4H2/b12-11+,14-9+;10-9+,11-8+;;;;/t15-,17+;12-,13+;;;;/m00..../s1. The Balaban J connectivity index is -0.000000203. The minimum Gasteiger partial charge on any atom is -0.481 e. The third-order valence-corrected chi connectivity index (χ3v) is 134. The molecule has 36 heteroatoms. The van der Waals surface area contributed by atoms with Crippen molar-refractivity contribution in [2.45, 2.75) is 170 Å². The number of carbonyl (C=O) groups is 3. The molecule has 0 spiro atoms. The zero-order valence-corrected chi connectivity index (χ0v) is 78.3. The number of halogens is 2. The summed E-state index contributed by atoms with van der Waals surface area (Å²) in [7, 11) is 45.7. The molecule has 18 unspecified atom stereocenters. The van der Waals surface area contributed by atoms with Crippen molar-refractivity contribution in [1.29, 1.82) is 0 Å². The second-order valence-corrected chi connectivity index (χ2v) is 108. The highest BCUT2D eigenvalue weighted by atomic mass is 127. The van der Waals surface area contributed by atoms with Crippen molar-refractivity contribution in [3.8, 4) is 0 Å². The number of hydrogen-bond acceptors (Lipinski definition) is 5. The van der Waals surface area contributed by atoms with Gasteiger partial charge in [0, 0.05) is 19.4 Å². The van der Waals surface area contributed by atoms with Crippen molar-refractivity contribution < 1.29 is 29.3 Å². The first-order valence-electron chi connectivity index (χ1n) is 24.1. The summed E-state index contributed by atoms with van der Waals surface area (Å²) >= 11 is 4.41. The molecule has 0 aliphatic carbocycles. The molecule has 0 saturated heterocycles. The lowest BCUT2D eigenvalue weighted by atomic mass is 9.94. The van der Waals surface area contributed by atoms with Crippen molar-refractivity contribution in [3.05, 3.63) is 43.6 Å². The van der Waals surface area contributed by atoms with Gasteiger partial charge in [-0.1, -0.05) is 170 Å². The molecule has 0 heterocycles. The summed E-state index contributed by atoms with van der Waals surface area (Å²) in [6, 6.07) is 0.0572. The Kier molecular flexibility index (Phi) is 84.4. The fraction of sp³-hybridized carbons (Fsp3) is 0.725. The zero-order chi connectivity index (χ0) is 60.6. The number of aliphatic carboxylic acids is 1. The van der Waals surface area contributed by atoms with E-state index in [0.717, 1.165) is 72.9 Å². The van der Waals surface area contributed by atoms with Crippen LogP contribution in [0.5, 0.6) is 0 Å².